The Kier molecular flexibility index (Phi) is 11.6. The van der Waals surface area contributed by atoms with Crippen molar-refractivity contribution in [2.24, 2.45) is 5.73 Å². The van der Waals surface area contributed by atoms with Gasteiger partial charge in [-0.05, 0) is 39.2 Å². The molecule has 2 N–H and O–H groups in total. The number of nitrogens with two attached hydrogens (primary N) is 1. The lowest BCUT2D eigenvalue weighted by molar-refractivity contribution is -0.145. The minimum atomic E-state index is -0.371. The second-order valence-electron chi connectivity index (χ2n) is 5.13. The van der Waals surface area contributed by atoms with Crippen LogP contribution in [-0.2, 0) is 14.3 Å². The van der Waals surface area contributed by atoms with E-state index in [0.29, 0.717) is 13.2 Å². The highest BCUT2D eigenvalue weighted by atomic mass is 35.5. The van der Waals surface area contributed by atoms with E-state index in [1.807, 2.05) is 11.8 Å². The first-order valence-electron chi connectivity index (χ1n) is 7.52. The maximum absolute atomic E-state index is 12.2. The fraction of sp³-hybridized carbons (Fsp3) is 0.800. The fourth-order valence-electron chi connectivity index (χ4n) is 2.23. The molecular weight excluding hydrogens is 292 g/mol. The van der Waals surface area contributed by atoms with Crippen molar-refractivity contribution in [3.8, 4) is 0 Å². The van der Waals surface area contributed by atoms with E-state index in [1.54, 1.807) is 6.08 Å². The predicted octanol–water partition coefficient (Wildman–Crippen LogP) is 1.75. The molecule has 1 saturated heterocycles. The third-order valence-corrected chi connectivity index (χ3v) is 3.49. The quantitative estimate of drug-likeness (QED) is 0.519. The molecule has 1 fully saturated rings. The van der Waals surface area contributed by atoms with Crippen LogP contribution in [0.15, 0.2) is 12.7 Å². The van der Waals surface area contributed by atoms with Crippen molar-refractivity contribution < 1.29 is 14.3 Å². The van der Waals surface area contributed by atoms with Gasteiger partial charge in [0.25, 0.3) is 5.91 Å². The number of hydrogen-bond donors (Lipinski definition) is 1. The van der Waals surface area contributed by atoms with Gasteiger partial charge in [-0.1, -0.05) is 6.08 Å². The fourth-order valence-corrected chi connectivity index (χ4v) is 2.23. The smallest absolute Gasteiger partial charge is 0.251 e. The number of likely N-dealkylation sites (tertiary alicyclic amines) is 1. The van der Waals surface area contributed by atoms with Crippen molar-refractivity contribution >= 4 is 18.3 Å². The van der Waals surface area contributed by atoms with Crippen molar-refractivity contribution in [2.75, 3.05) is 32.8 Å². The van der Waals surface area contributed by atoms with Crippen molar-refractivity contribution in [1.29, 1.82) is 0 Å². The van der Waals surface area contributed by atoms with Gasteiger partial charge in [0.1, 0.15) is 6.10 Å². The van der Waals surface area contributed by atoms with Gasteiger partial charge >= 0.3 is 0 Å². The summed E-state index contributed by atoms with van der Waals surface area (Å²) in [5.74, 6) is 0.0782. The molecular formula is C15H29ClN2O3. The highest BCUT2D eigenvalue weighted by Crippen LogP contribution is 2.15. The first-order valence-corrected chi connectivity index (χ1v) is 7.52. The van der Waals surface area contributed by atoms with Crippen LogP contribution in [0.25, 0.3) is 0 Å². The molecule has 1 aliphatic rings. The molecule has 1 aliphatic heterocycles. The summed E-state index contributed by atoms with van der Waals surface area (Å²) in [6, 6.07) is 0. The Morgan fingerprint density at radius 1 is 1.43 bits per heavy atom. The number of carbonyl (C=O) groups excluding carboxylic acids is 1. The van der Waals surface area contributed by atoms with Gasteiger partial charge in [0.2, 0.25) is 0 Å². The Balaban J connectivity index is 0.00000400. The van der Waals surface area contributed by atoms with Crippen LogP contribution in [0, 0.1) is 0 Å². The molecule has 1 amide bonds. The average Bonchev–Trinajstić information content (AvgIpc) is 2.47. The largest absolute Gasteiger partial charge is 0.378 e. The monoisotopic (exact) mass is 320 g/mol. The van der Waals surface area contributed by atoms with E-state index in [9.17, 15) is 4.79 Å². The van der Waals surface area contributed by atoms with Crippen LogP contribution in [0.1, 0.15) is 32.6 Å². The Morgan fingerprint density at radius 3 is 2.67 bits per heavy atom. The molecule has 0 aromatic carbocycles. The van der Waals surface area contributed by atoms with Gasteiger partial charge in [0.15, 0.2) is 0 Å². The number of ether oxygens (including phenoxy) is 2. The van der Waals surface area contributed by atoms with Crippen LogP contribution in [0.3, 0.4) is 0 Å². The minimum Gasteiger partial charge on any atom is -0.378 e. The third-order valence-electron chi connectivity index (χ3n) is 3.49. The molecule has 0 aromatic heterocycles. The summed E-state index contributed by atoms with van der Waals surface area (Å²) in [7, 11) is 0. The van der Waals surface area contributed by atoms with Gasteiger partial charge < -0.3 is 20.1 Å². The number of carbonyl (C=O) groups is 1. The van der Waals surface area contributed by atoms with Gasteiger partial charge in [-0.2, -0.15) is 0 Å². The van der Waals surface area contributed by atoms with E-state index < -0.39 is 0 Å². The lowest BCUT2D eigenvalue weighted by Crippen LogP contribution is -2.45. The van der Waals surface area contributed by atoms with E-state index >= 15 is 0 Å². The molecule has 21 heavy (non-hydrogen) atoms. The van der Waals surface area contributed by atoms with E-state index in [-0.39, 0.29) is 30.5 Å². The van der Waals surface area contributed by atoms with E-state index in [0.717, 1.165) is 45.4 Å². The number of amides is 1. The van der Waals surface area contributed by atoms with E-state index in [1.165, 1.54) is 0 Å². The molecule has 1 heterocycles. The zero-order valence-electron chi connectivity index (χ0n) is 13.0. The second-order valence-corrected chi connectivity index (χ2v) is 5.13. The molecule has 5 nitrogen and oxygen atoms in total. The minimum absolute atomic E-state index is 0. The van der Waals surface area contributed by atoms with Crippen LogP contribution in [0.5, 0.6) is 0 Å². The Hall–Kier alpha value is -0.620. The average molecular weight is 321 g/mol. The summed E-state index contributed by atoms with van der Waals surface area (Å²) >= 11 is 0. The van der Waals surface area contributed by atoms with E-state index in [2.05, 4.69) is 6.58 Å². The van der Waals surface area contributed by atoms with Crippen molar-refractivity contribution in [3.63, 3.8) is 0 Å². The maximum Gasteiger partial charge on any atom is 0.251 e. The van der Waals surface area contributed by atoms with Gasteiger partial charge in [0.05, 0.1) is 12.7 Å². The lowest BCUT2D eigenvalue weighted by atomic mass is 10.1. The van der Waals surface area contributed by atoms with Crippen LogP contribution < -0.4 is 5.73 Å². The third kappa shape index (κ3) is 7.81. The highest BCUT2D eigenvalue weighted by molar-refractivity contribution is 5.85. The molecule has 0 radical (unpaired) electrons. The van der Waals surface area contributed by atoms with Gasteiger partial charge in [-0.3, -0.25) is 4.79 Å². The molecule has 1 unspecified atom stereocenters. The van der Waals surface area contributed by atoms with Gasteiger partial charge in [-0.15, -0.1) is 19.0 Å². The summed E-state index contributed by atoms with van der Waals surface area (Å²) in [6.45, 7) is 8.88. The zero-order valence-corrected chi connectivity index (χ0v) is 13.8. The highest BCUT2D eigenvalue weighted by Gasteiger charge is 2.26. The molecule has 0 aliphatic carbocycles. The lowest BCUT2D eigenvalue weighted by Gasteiger charge is -2.33. The van der Waals surface area contributed by atoms with Crippen LogP contribution in [0.4, 0.5) is 0 Å². The van der Waals surface area contributed by atoms with Crippen molar-refractivity contribution in [3.05, 3.63) is 12.7 Å². The number of halogens is 1. The van der Waals surface area contributed by atoms with Crippen LogP contribution in [-0.4, -0.2) is 55.9 Å². The summed E-state index contributed by atoms with van der Waals surface area (Å²) in [6.07, 6.45) is 5.15. The first-order chi connectivity index (χ1) is 9.69. The topological polar surface area (TPSA) is 64.8 Å². The Morgan fingerprint density at radius 2 is 2.10 bits per heavy atom. The summed E-state index contributed by atoms with van der Waals surface area (Å²) < 4.78 is 11.2. The second kappa shape index (κ2) is 12.0. The van der Waals surface area contributed by atoms with Crippen LogP contribution >= 0.6 is 12.4 Å². The number of rotatable bonds is 9. The number of piperidine rings is 1. The molecule has 1 rings (SSSR count). The van der Waals surface area contributed by atoms with Crippen molar-refractivity contribution in [1.82, 2.24) is 4.90 Å². The van der Waals surface area contributed by atoms with Crippen molar-refractivity contribution in [2.45, 2.75) is 44.8 Å². The Bertz CT molecular complexity index is 295. The van der Waals surface area contributed by atoms with Gasteiger partial charge in [-0.25, -0.2) is 0 Å². The maximum atomic E-state index is 12.2. The molecule has 0 aromatic rings. The SMILES string of the molecule is C=CCCOC(C)C(=O)N1CCC(OCCCN)CC1.Cl. The van der Waals surface area contributed by atoms with E-state index in [4.69, 9.17) is 15.2 Å². The molecule has 0 spiro atoms. The number of hydrogen-bond acceptors (Lipinski definition) is 4. The summed E-state index contributed by atoms with van der Waals surface area (Å²) in [5.41, 5.74) is 5.44. The van der Waals surface area contributed by atoms with Gasteiger partial charge in [0, 0.05) is 19.7 Å². The molecule has 1 atom stereocenters. The Labute approximate surface area is 134 Å². The molecule has 6 heteroatoms. The number of nitrogens with zero attached hydrogens (tertiary/aromatic N) is 1. The first kappa shape index (κ1) is 20.4. The molecule has 0 saturated carbocycles. The standard InChI is InChI=1S/C15H28N2O3.ClH/c1-3-4-11-19-13(2)15(18)17-9-6-14(7-10-17)20-12-5-8-16;/h3,13-14H,1,4-12,16H2,2H3;1H. The van der Waals surface area contributed by atoms with Crippen LogP contribution in [0.2, 0.25) is 0 Å². The zero-order chi connectivity index (χ0) is 14.8. The summed E-state index contributed by atoms with van der Waals surface area (Å²) in [5, 5.41) is 0. The molecule has 0 bridgehead atoms. The summed E-state index contributed by atoms with van der Waals surface area (Å²) in [4.78, 5) is 14.1. The predicted molar refractivity (Wildman–Crippen MR) is 86.7 cm³/mol. The molecule has 124 valence electrons. The normalized spacial score (nSPS) is 17.1.